The third-order valence-electron chi connectivity index (χ3n) is 6.53. The van der Waals surface area contributed by atoms with Gasteiger partial charge in [-0.2, -0.15) is 0 Å². The van der Waals surface area contributed by atoms with Crippen LogP contribution in [0.4, 0.5) is 0 Å². The first-order valence-electron chi connectivity index (χ1n) is 13.2. The molecule has 2 aromatic carbocycles. The van der Waals surface area contributed by atoms with Crippen molar-refractivity contribution in [1.82, 2.24) is 14.9 Å². The molecule has 1 heterocycles. The second kappa shape index (κ2) is 16.4. The van der Waals surface area contributed by atoms with E-state index in [1.165, 1.54) is 0 Å². The summed E-state index contributed by atoms with van der Waals surface area (Å²) in [6.45, 7) is 4.55. The molecule has 1 aromatic heterocycles. The van der Waals surface area contributed by atoms with E-state index in [0.717, 1.165) is 16.9 Å². The van der Waals surface area contributed by atoms with Gasteiger partial charge in [0.05, 0.1) is 38.5 Å². The number of methoxy groups -OCH3 is 2. The van der Waals surface area contributed by atoms with Crippen LogP contribution in [0.25, 0.3) is 11.4 Å². The van der Waals surface area contributed by atoms with E-state index in [9.17, 15) is 25.0 Å². The van der Waals surface area contributed by atoms with Gasteiger partial charge in [0.15, 0.2) is 0 Å². The van der Waals surface area contributed by atoms with E-state index in [4.69, 9.17) is 14.5 Å². The lowest BCUT2D eigenvalue weighted by Crippen LogP contribution is -3.00. The number of nitrogens with two attached hydrogens (primary N) is 1. The van der Waals surface area contributed by atoms with Gasteiger partial charge in [0.1, 0.15) is 23.0 Å². The first-order chi connectivity index (χ1) is 19.2. The SMILES string of the molecule is COc1ccc(CNC(=O)c2nc(-c3ccc(OC)cc3)n(CC[C@@H](O)C[C@@H](O)CC(=O)[NH2+][O-])c2C(C)C)cc1.[I-]. The molecular weight excluding hydrogens is 643 g/mol. The van der Waals surface area contributed by atoms with Gasteiger partial charge in [-0.05, 0) is 60.7 Å². The number of hydrogen-bond acceptors (Lipinski definition) is 8. The first-order valence-corrected chi connectivity index (χ1v) is 13.2. The number of benzene rings is 2. The number of amides is 2. The van der Waals surface area contributed by atoms with Gasteiger partial charge in [0.25, 0.3) is 5.91 Å². The molecule has 41 heavy (non-hydrogen) atoms. The zero-order chi connectivity index (χ0) is 29.2. The fourth-order valence-corrected chi connectivity index (χ4v) is 4.49. The van der Waals surface area contributed by atoms with Crippen LogP contribution in [0.2, 0.25) is 0 Å². The predicted octanol–water partition coefficient (Wildman–Crippen LogP) is -0.895. The molecule has 0 aliphatic rings. The Morgan fingerprint density at radius 1 is 1.00 bits per heavy atom. The van der Waals surface area contributed by atoms with Gasteiger partial charge in [0, 0.05) is 18.7 Å². The highest BCUT2D eigenvalue weighted by Gasteiger charge is 2.26. The fourth-order valence-electron chi connectivity index (χ4n) is 4.49. The molecule has 12 heteroatoms. The van der Waals surface area contributed by atoms with E-state index in [1.54, 1.807) is 14.2 Å². The van der Waals surface area contributed by atoms with Crippen LogP contribution < -0.4 is 44.2 Å². The van der Waals surface area contributed by atoms with Crippen molar-refractivity contribution in [2.24, 2.45) is 0 Å². The maximum Gasteiger partial charge on any atom is 0.313 e. The number of hydroxylamine groups is 1. The Morgan fingerprint density at radius 3 is 2.12 bits per heavy atom. The molecule has 3 aromatic rings. The molecule has 0 aliphatic heterocycles. The number of halogens is 1. The topological polar surface area (TPSA) is 163 Å². The zero-order valence-corrected chi connectivity index (χ0v) is 25.8. The summed E-state index contributed by atoms with van der Waals surface area (Å²) >= 11 is 0. The van der Waals surface area contributed by atoms with Crippen LogP contribution in [0.15, 0.2) is 48.5 Å². The van der Waals surface area contributed by atoms with Gasteiger partial charge < -0.3 is 64.2 Å². The summed E-state index contributed by atoms with van der Waals surface area (Å²) in [5.74, 6) is 0.849. The molecule has 5 N–H and O–H groups in total. The maximum atomic E-state index is 13.4. The van der Waals surface area contributed by atoms with E-state index < -0.39 is 18.1 Å². The van der Waals surface area contributed by atoms with Crippen molar-refractivity contribution in [1.29, 1.82) is 0 Å². The van der Waals surface area contributed by atoms with Crippen molar-refractivity contribution in [3.8, 4) is 22.9 Å². The molecule has 0 saturated carbocycles. The minimum Gasteiger partial charge on any atom is -1.00 e. The molecule has 0 unspecified atom stereocenters. The predicted molar refractivity (Wildman–Crippen MR) is 149 cm³/mol. The number of nitrogens with zero attached hydrogens (tertiary/aromatic N) is 2. The van der Waals surface area contributed by atoms with E-state index in [2.05, 4.69) is 5.32 Å². The number of imidazole rings is 1. The average molecular weight is 682 g/mol. The smallest absolute Gasteiger partial charge is 0.313 e. The Hall–Kier alpha value is -3.04. The van der Waals surface area contributed by atoms with Gasteiger partial charge >= 0.3 is 5.91 Å². The van der Waals surface area contributed by atoms with Gasteiger partial charge in [-0.25, -0.2) is 9.78 Å². The Balaban J connectivity index is 0.00000588. The number of hydrogen-bond donors (Lipinski definition) is 4. The van der Waals surface area contributed by atoms with Crippen molar-refractivity contribution in [2.75, 3.05) is 14.2 Å². The average Bonchev–Trinajstić information content (AvgIpc) is 3.35. The van der Waals surface area contributed by atoms with Crippen molar-refractivity contribution in [3.63, 3.8) is 0 Å². The lowest BCUT2D eigenvalue weighted by Gasteiger charge is -2.19. The minimum atomic E-state index is -1.12. The molecule has 0 spiro atoms. The molecule has 0 fully saturated rings. The number of nitrogens with one attached hydrogen (secondary N) is 1. The molecule has 0 saturated heterocycles. The van der Waals surface area contributed by atoms with E-state index in [1.807, 2.05) is 66.9 Å². The molecule has 0 radical (unpaired) electrons. The lowest BCUT2D eigenvalue weighted by atomic mass is 10.0. The molecule has 0 bridgehead atoms. The standard InChI is InChI=1S/C29H38N4O7.HI/c1-18(2)27-26(29(37)30-17-19-5-9-23(39-3)10-6-19)31-28(20-7-11-24(40-4)12-8-20)33(27)14-13-21(34)15-22(35)16-25(36)32-38;/h5-12,18,21-22,34-35H,13-17,32H2,1-4H3,(H,30,37);1H/p-1/t21-,22-;/m1./s1. The summed E-state index contributed by atoms with van der Waals surface area (Å²) in [5, 5.41) is 34.2. The summed E-state index contributed by atoms with van der Waals surface area (Å²) in [5.41, 5.74) is 2.84. The Morgan fingerprint density at radius 2 is 1.59 bits per heavy atom. The number of carbonyl (C=O) groups excluding carboxylic acids is 2. The fraction of sp³-hybridized carbons (Fsp3) is 0.414. The quantitative estimate of drug-likeness (QED) is 0.126. The second-order valence-corrected chi connectivity index (χ2v) is 9.86. The molecule has 3 rings (SSSR count). The zero-order valence-electron chi connectivity index (χ0n) is 23.7. The summed E-state index contributed by atoms with van der Waals surface area (Å²) in [6.07, 6.45) is -2.22. The summed E-state index contributed by atoms with van der Waals surface area (Å²) in [7, 11) is 3.17. The first kappa shape index (κ1) is 34.2. The molecule has 11 nitrogen and oxygen atoms in total. The van der Waals surface area contributed by atoms with Gasteiger partial charge in [-0.1, -0.05) is 26.0 Å². The molecule has 0 aliphatic carbocycles. The van der Waals surface area contributed by atoms with Gasteiger partial charge in [-0.3, -0.25) is 4.79 Å². The normalized spacial score (nSPS) is 12.4. The van der Waals surface area contributed by atoms with Crippen molar-refractivity contribution >= 4 is 11.8 Å². The number of quaternary nitrogens is 1. The van der Waals surface area contributed by atoms with Crippen molar-refractivity contribution in [3.05, 3.63) is 70.7 Å². The third-order valence-corrected chi connectivity index (χ3v) is 6.53. The Kier molecular flexibility index (Phi) is 13.7. The van der Waals surface area contributed by atoms with Crippen LogP contribution in [0.1, 0.15) is 60.8 Å². The summed E-state index contributed by atoms with van der Waals surface area (Å²) in [4.78, 5) is 29.5. The number of carbonyl (C=O) groups is 2. The number of aliphatic hydroxyl groups is 2. The lowest BCUT2D eigenvalue weighted by molar-refractivity contribution is -0.501. The van der Waals surface area contributed by atoms with Crippen LogP contribution in [0, 0.1) is 5.21 Å². The highest BCUT2D eigenvalue weighted by atomic mass is 127. The number of aromatic nitrogens is 2. The summed E-state index contributed by atoms with van der Waals surface area (Å²) < 4.78 is 12.4. The van der Waals surface area contributed by atoms with Crippen LogP contribution in [0.5, 0.6) is 11.5 Å². The van der Waals surface area contributed by atoms with E-state index >= 15 is 0 Å². The number of primary amides is 1. The number of aliphatic hydroxyl groups excluding tert-OH is 2. The van der Waals surface area contributed by atoms with Crippen LogP contribution >= 0.6 is 0 Å². The Labute approximate surface area is 256 Å². The van der Waals surface area contributed by atoms with Crippen LogP contribution in [-0.2, 0) is 17.9 Å². The Bertz CT molecular complexity index is 1260. The molecule has 224 valence electrons. The monoisotopic (exact) mass is 681 g/mol. The van der Waals surface area contributed by atoms with Crippen LogP contribution in [0.3, 0.4) is 0 Å². The second-order valence-electron chi connectivity index (χ2n) is 9.86. The van der Waals surface area contributed by atoms with Gasteiger partial charge in [0.2, 0.25) is 0 Å². The van der Waals surface area contributed by atoms with E-state index in [0.29, 0.717) is 36.1 Å². The maximum absolute atomic E-state index is 13.4. The van der Waals surface area contributed by atoms with Crippen LogP contribution in [-0.4, -0.2) is 58.0 Å². The number of rotatable bonds is 14. The minimum absolute atomic E-state index is 0. The van der Waals surface area contributed by atoms with Gasteiger partial charge in [-0.15, -0.1) is 0 Å². The van der Waals surface area contributed by atoms with Crippen molar-refractivity contribution in [2.45, 2.75) is 64.3 Å². The summed E-state index contributed by atoms with van der Waals surface area (Å²) in [6, 6.07) is 14.7. The van der Waals surface area contributed by atoms with E-state index in [-0.39, 0.29) is 60.5 Å². The molecular formula is C29H38IN4O7-. The molecule has 2 amide bonds. The largest absolute Gasteiger partial charge is 1.00 e. The molecule has 2 atom stereocenters. The third kappa shape index (κ3) is 9.50. The highest BCUT2D eigenvalue weighted by molar-refractivity contribution is 5.94. The highest BCUT2D eigenvalue weighted by Crippen LogP contribution is 2.30. The number of ether oxygens (including phenoxy) is 2. The van der Waals surface area contributed by atoms with Crippen molar-refractivity contribution < 1.29 is 58.7 Å².